The van der Waals surface area contributed by atoms with Crippen molar-refractivity contribution in [1.82, 2.24) is 13.8 Å². The maximum atomic E-state index is 12.6. The van der Waals surface area contributed by atoms with Gasteiger partial charge in [0.1, 0.15) is 0 Å². The molecule has 0 aliphatic rings. The monoisotopic (exact) mass is 299 g/mol. The molecule has 0 atom stereocenters. The molecule has 0 spiro atoms. The molecular formula is C16H17N3OS. The van der Waals surface area contributed by atoms with Crippen LogP contribution in [0.5, 0.6) is 0 Å². The van der Waals surface area contributed by atoms with Gasteiger partial charge in [-0.25, -0.2) is 0 Å². The van der Waals surface area contributed by atoms with Crippen LogP contribution in [0.1, 0.15) is 4.79 Å². The normalized spacial score (nSPS) is 11.0. The van der Waals surface area contributed by atoms with Gasteiger partial charge in [0, 0.05) is 7.05 Å². The van der Waals surface area contributed by atoms with E-state index in [1.54, 1.807) is 23.1 Å². The average molecular weight is 299 g/mol. The number of hydrogen-bond donors (Lipinski definition) is 1. The highest BCUT2D eigenvalue weighted by atomic mass is 32.1. The fourth-order valence-electron chi connectivity index (χ4n) is 2.46. The van der Waals surface area contributed by atoms with Crippen LogP contribution in [0.15, 0.2) is 48.5 Å². The Kier molecular flexibility index (Phi) is 3.77. The first-order valence-corrected chi connectivity index (χ1v) is 7.57. The van der Waals surface area contributed by atoms with Crippen molar-refractivity contribution in [3.8, 4) is 0 Å². The first kappa shape index (κ1) is 13.9. The van der Waals surface area contributed by atoms with Crippen molar-refractivity contribution in [2.24, 2.45) is 7.05 Å². The lowest BCUT2D eigenvalue weighted by Gasteiger charge is -2.09. The van der Waals surface area contributed by atoms with E-state index in [-0.39, 0.29) is 5.91 Å². The van der Waals surface area contributed by atoms with Crippen LogP contribution in [0, 0.1) is 0 Å². The zero-order valence-electron chi connectivity index (χ0n) is 12.0. The first-order valence-electron chi connectivity index (χ1n) is 6.79. The lowest BCUT2D eigenvalue weighted by atomic mass is 10.2. The maximum absolute atomic E-state index is 12.6. The number of nitrogens with zero attached hydrogens (tertiary/aromatic N) is 2. The minimum Gasteiger partial charge on any atom is -0.311 e. The molecule has 1 aromatic heterocycles. The number of likely N-dealkylation sites (N-methyl/N-ethyl adjacent to an activating group) is 1. The van der Waals surface area contributed by atoms with E-state index < -0.39 is 0 Å². The van der Waals surface area contributed by atoms with E-state index in [1.807, 2.05) is 55.6 Å². The third-order valence-corrected chi connectivity index (χ3v) is 4.39. The molecule has 108 valence electrons. The predicted molar refractivity (Wildman–Crippen MR) is 88.5 cm³/mol. The number of carbonyl (C=O) groups excluding carboxylic acids is 1. The summed E-state index contributed by atoms with van der Waals surface area (Å²) in [6, 6.07) is 16.0. The van der Waals surface area contributed by atoms with Gasteiger partial charge in [0.05, 0.1) is 27.8 Å². The fraction of sp³-hybridized carbons (Fsp3) is 0.188. The second kappa shape index (κ2) is 5.71. The number of hydrogen-bond acceptors (Lipinski definition) is 3. The van der Waals surface area contributed by atoms with Gasteiger partial charge in [-0.2, -0.15) is 0 Å². The Morgan fingerprint density at radius 3 is 2.38 bits per heavy atom. The molecule has 0 aliphatic carbocycles. The summed E-state index contributed by atoms with van der Waals surface area (Å²) in [4.78, 5) is 12.6. The largest absolute Gasteiger partial charge is 0.311 e. The number of aryl methyl sites for hydroxylation is 1. The zero-order valence-corrected chi connectivity index (χ0v) is 12.9. The summed E-state index contributed by atoms with van der Waals surface area (Å²) in [6.45, 7) is 0.303. The van der Waals surface area contributed by atoms with Crippen LogP contribution < -0.4 is 5.32 Å². The molecule has 4 nitrogen and oxygen atoms in total. The highest BCUT2D eigenvalue weighted by molar-refractivity contribution is 7.13. The van der Waals surface area contributed by atoms with Gasteiger partial charge in [-0.05, 0) is 31.3 Å². The van der Waals surface area contributed by atoms with E-state index in [9.17, 15) is 4.79 Å². The molecule has 3 rings (SSSR count). The van der Waals surface area contributed by atoms with E-state index >= 15 is 0 Å². The average Bonchev–Trinajstić information content (AvgIpc) is 2.62. The van der Waals surface area contributed by atoms with E-state index in [2.05, 4.69) is 9.27 Å². The Morgan fingerprint density at radius 2 is 1.67 bits per heavy atom. The lowest BCUT2D eigenvalue weighted by molar-refractivity contribution is 0.0924. The molecule has 3 aromatic rings. The Balaban J connectivity index is 2.55. The molecule has 0 saturated heterocycles. The highest BCUT2D eigenvalue weighted by Crippen LogP contribution is 2.23. The molecule has 0 fully saturated rings. The minimum absolute atomic E-state index is 0.0355. The lowest BCUT2D eigenvalue weighted by Crippen LogP contribution is -2.24. The van der Waals surface area contributed by atoms with Crippen LogP contribution in [0.25, 0.3) is 21.3 Å². The van der Waals surface area contributed by atoms with Gasteiger partial charge >= 0.3 is 0 Å². The molecule has 0 saturated carbocycles. The van der Waals surface area contributed by atoms with Crippen molar-refractivity contribution in [3.05, 3.63) is 48.5 Å². The van der Waals surface area contributed by atoms with Gasteiger partial charge in [0.25, 0.3) is 0 Å². The van der Waals surface area contributed by atoms with Crippen LogP contribution in [0.3, 0.4) is 0 Å². The number of para-hydroxylation sites is 3. The van der Waals surface area contributed by atoms with E-state index in [0.29, 0.717) is 6.54 Å². The van der Waals surface area contributed by atoms with E-state index in [4.69, 9.17) is 0 Å². The molecule has 5 heteroatoms. The van der Waals surface area contributed by atoms with Crippen molar-refractivity contribution in [2.45, 2.75) is 0 Å². The SMILES string of the molecule is CNCC(=O)n1c2ccccc2sn(C)c2ccccc21. The molecule has 0 amide bonds. The smallest absolute Gasteiger partial charge is 0.245 e. The van der Waals surface area contributed by atoms with Crippen molar-refractivity contribution in [3.63, 3.8) is 0 Å². The van der Waals surface area contributed by atoms with Crippen molar-refractivity contribution in [1.29, 1.82) is 0 Å². The summed E-state index contributed by atoms with van der Waals surface area (Å²) in [6.07, 6.45) is 0. The van der Waals surface area contributed by atoms with Crippen molar-refractivity contribution in [2.75, 3.05) is 13.6 Å². The molecule has 0 aliphatic heterocycles. The summed E-state index contributed by atoms with van der Waals surface area (Å²) in [5.74, 6) is 0.0355. The summed E-state index contributed by atoms with van der Waals surface area (Å²) < 4.78 is 4.97. The minimum atomic E-state index is 0.0355. The first-order chi connectivity index (χ1) is 10.2. The molecule has 0 radical (unpaired) electrons. The van der Waals surface area contributed by atoms with Crippen LogP contribution in [-0.4, -0.2) is 28.0 Å². The molecule has 0 unspecified atom stereocenters. The topological polar surface area (TPSA) is 39.0 Å². The third-order valence-electron chi connectivity index (χ3n) is 3.38. The molecule has 21 heavy (non-hydrogen) atoms. The number of benzene rings is 2. The van der Waals surface area contributed by atoms with Crippen molar-refractivity contribution < 1.29 is 4.79 Å². The molecule has 1 heterocycles. The quantitative estimate of drug-likeness (QED) is 0.789. The van der Waals surface area contributed by atoms with E-state index in [1.165, 1.54) is 0 Å². The molecule has 0 bridgehead atoms. The fourth-order valence-corrected chi connectivity index (χ4v) is 3.40. The van der Waals surface area contributed by atoms with Crippen LogP contribution >= 0.6 is 11.5 Å². The molecule has 1 N–H and O–H groups in total. The van der Waals surface area contributed by atoms with Crippen LogP contribution in [0.4, 0.5) is 0 Å². The van der Waals surface area contributed by atoms with Crippen LogP contribution in [-0.2, 0) is 7.05 Å². The summed E-state index contributed by atoms with van der Waals surface area (Å²) in [7, 11) is 3.81. The maximum Gasteiger partial charge on any atom is 0.245 e. The number of nitrogens with one attached hydrogen (secondary N) is 1. The van der Waals surface area contributed by atoms with Gasteiger partial charge in [-0.3, -0.25) is 13.3 Å². The van der Waals surface area contributed by atoms with Crippen LogP contribution in [0.2, 0.25) is 0 Å². The summed E-state index contributed by atoms with van der Waals surface area (Å²) in [5, 5.41) is 2.95. The second-order valence-electron chi connectivity index (χ2n) is 4.80. The number of carbonyl (C=O) groups is 1. The Labute approximate surface area is 127 Å². The molecular weight excluding hydrogens is 282 g/mol. The Morgan fingerprint density at radius 1 is 1.05 bits per heavy atom. The van der Waals surface area contributed by atoms with E-state index in [0.717, 1.165) is 21.3 Å². The zero-order chi connectivity index (χ0) is 14.8. The summed E-state index contributed by atoms with van der Waals surface area (Å²) in [5.41, 5.74) is 2.88. The van der Waals surface area contributed by atoms with Gasteiger partial charge in [-0.1, -0.05) is 35.8 Å². The second-order valence-corrected chi connectivity index (χ2v) is 5.97. The Bertz CT molecular complexity index is 855. The highest BCUT2D eigenvalue weighted by Gasteiger charge is 2.11. The summed E-state index contributed by atoms with van der Waals surface area (Å²) >= 11 is 1.63. The van der Waals surface area contributed by atoms with Gasteiger partial charge in [0.2, 0.25) is 5.91 Å². The predicted octanol–water partition coefficient (Wildman–Crippen LogP) is 3.18. The van der Waals surface area contributed by atoms with Gasteiger partial charge in [0.15, 0.2) is 0 Å². The van der Waals surface area contributed by atoms with Crippen molar-refractivity contribution >= 4 is 38.7 Å². The standard InChI is InChI=1S/C16H17N3OS/c1-17-11-16(20)19-13-8-4-3-7-12(13)18(2)21-15-10-6-5-9-14(15)19/h3-10,17H,11H2,1-2H3. The van der Waals surface area contributed by atoms with Gasteiger partial charge in [-0.15, -0.1) is 0 Å². The molecule has 2 aromatic carbocycles. The van der Waals surface area contributed by atoms with Gasteiger partial charge < -0.3 is 5.32 Å². The number of rotatable bonds is 2. The third kappa shape index (κ3) is 2.46. The number of fused-ring (bicyclic) bond motifs is 2. The Hall–Kier alpha value is -2.11. The number of aromatic nitrogens is 2.